The Bertz CT molecular complexity index is 1250. The molecule has 3 aromatic rings. The number of rotatable bonds is 5. The van der Waals surface area contributed by atoms with Crippen LogP contribution in [0, 0.1) is 13.8 Å². The number of pyridine rings is 1. The molecule has 0 spiro atoms. The van der Waals surface area contributed by atoms with Crippen LogP contribution in [0.25, 0.3) is 10.9 Å². The van der Waals surface area contributed by atoms with Gasteiger partial charge in [-0.2, -0.15) is 0 Å². The lowest BCUT2D eigenvalue weighted by atomic mass is 10.0. The van der Waals surface area contributed by atoms with Gasteiger partial charge >= 0.3 is 0 Å². The highest BCUT2D eigenvalue weighted by Gasteiger charge is 2.23. The summed E-state index contributed by atoms with van der Waals surface area (Å²) in [5.74, 6) is 0.0437. The monoisotopic (exact) mass is 451 g/mol. The molecule has 2 heterocycles. The van der Waals surface area contributed by atoms with Crippen LogP contribution in [0.15, 0.2) is 53.4 Å². The maximum Gasteiger partial charge on any atom is 0.252 e. The van der Waals surface area contributed by atoms with E-state index in [9.17, 15) is 13.2 Å². The number of amides is 1. The van der Waals surface area contributed by atoms with Crippen molar-refractivity contribution in [3.05, 3.63) is 65.4 Å². The lowest BCUT2D eigenvalue weighted by molar-refractivity contribution is 0.0932. The standard InChI is InChI=1S/C25H29N3O3S/c1-4-32(30,31)21-8-6-20(7-9-21)28-13-11-19(12-14-28)27-25(29)23-16-18(3)26-24-10-5-17(2)15-22(23)24/h5-10,15-16,19H,4,11-14H2,1-3H3,(H,27,29). The third-order valence-electron chi connectivity index (χ3n) is 6.11. The van der Waals surface area contributed by atoms with Gasteiger partial charge in [0.05, 0.1) is 21.7 Å². The van der Waals surface area contributed by atoms with Gasteiger partial charge in [-0.15, -0.1) is 0 Å². The summed E-state index contributed by atoms with van der Waals surface area (Å²) in [6, 6.07) is 15.1. The second-order valence-electron chi connectivity index (χ2n) is 8.46. The topological polar surface area (TPSA) is 79.4 Å². The maximum atomic E-state index is 13.1. The Hall–Kier alpha value is -2.93. The lowest BCUT2D eigenvalue weighted by Crippen LogP contribution is -2.44. The summed E-state index contributed by atoms with van der Waals surface area (Å²) < 4.78 is 24.0. The Labute approximate surface area is 189 Å². The summed E-state index contributed by atoms with van der Waals surface area (Å²) in [7, 11) is -3.19. The van der Waals surface area contributed by atoms with E-state index in [-0.39, 0.29) is 17.7 Å². The number of sulfone groups is 1. The van der Waals surface area contributed by atoms with Crippen molar-refractivity contribution in [1.82, 2.24) is 10.3 Å². The summed E-state index contributed by atoms with van der Waals surface area (Å²) in [6.45, 7) is 7.19. The molecule has 1 fully saturated rings. The molecular formula is C25H29N3O3S. The van der Waals surface area contributed by atoms with E-state index in [0.717, 1.165) is 53.8 Å². The summed E-state index contributed by atoms with van der Waals surface area (Å²) >= 11 is 0. The SMILES string of the molecule is CCS(=O)(=O)c1ccc(N2CCC(NC(=O)c3cc(C)nc4ccc(C)cc34)CC2)cc1. The number of hydrogen-bond acceptors (Lipinski definition) is 5. The third kappa shape index (κ3) is 4.63. The number of fused-ring (bicyclic) bond motifs is 1. The predicted octanol–water partition coefficient (Wildman–Crippen LogP) is 4.04. The van der Waals surface area contributed by atoms with E-state index >= 15 is 0 Å². The molecule has 0 saturated carbocycles. The first-order chi connectivity index (χ1) is 15.3. The fraction of sp³-hybridized carbons (Fsp3) is 0.360. The van der Waals surface area contributed by atoms with Gasteiger partial charge in [0.2, 0.25) is 0 Å². The van der Waals surface area contributed by atoms with Gasteiger partial charge in [-0.25, -0.2) is 8.42 Å². The van der Waals surface area contributed by atoms with Crippen LogP contribution >= 0.6 is 0 Å². The molecule has 168 valence electrons. The molecule has 0 atom stereocenters. The van der Waals surface area contributed by atoms with E-state index in [2.05, 4.69) is 15.2 Å². The number of nitrogens with zero attached hydrogens (tertiary/aromatic N) is 2. The normalized spacial score (nSPS) is 15.2. The Balaban J connectivity index is 1.42. The molecule has 0 unspecified atom stereocenters. The Kier molecular flexibility index (Phi) is 6.20. The number of aromatic nitrogens is 1. The first kappa shape index (κ1) is 22.3. The number of aryl methyl sites for hydroxylation is 2. The summed E-state index contributed by atoms with van der Waals surface area (Å²) in [5, 5.41) is 4.09. The molecular weight excluding hydrogens is 422 g/mol. The molecule has 0 aliphatic carbocycles. The van der Waals surface area contributed by atoms with Gasteiger partial charge < -0.3 is 10.2 Å². The number of hydrogen-bond donors (Lipinski definition) is 1. The molecule has 32 heavy (non-hydrogen) atoms. The fourth-order valence-electron chi connectivity index (χ4n) is 4.24. The van der Waals surface area contributed by atoms with Crippen LogP contribution in [-0.4, -0.2) is 44.2 Å². The number of piperidine rings is 1. The van der Waals surface area contributed by atoms with Gasteiger partial charge in [0.1, 0.15) is 0 Å². The minimum absolute atomic E-state index is 0.0568. The van der Waals surface area contributed by atoms with Gasteiger partial charge in [0.15, 0.2) is 9.84 Å². The van der Waals surface area contributed by atoms with Crippen LogP contribution in [0.3, 0.4) is 0 Å². The molecule has 4 rings (SSSR count). The number of nitrogens with one attached hydrogen (secondary N) is 1. The van der Waals surface area contributed by atoms with Crippen molar-refractivity contribution in [2.75, 3.05) is 23.7 Å². The first-order valence-corrected chi connectivity index (χ1v) is 12.7. The summed E-state index contributed by atoms with van der Waals surface area (Å²) in [4.78, 5) is 20.2. The molecule has 1 aliphatic rings. The van der Waals surface area contributed by atoms with Gasteiger partial charge in [0, 0.05) is 35.9 Å². The number of anilines is 1. The number of carbonyl (C=O) groups is 1. The number of carbonyl (C=O) groups excluding carboxylic acids is 1. The quantitative estimate of drug-likeness (QED) is 0.633. The zero-order valence-corrected chi connectivity index (χ0v) is 19.6. The highest BCUT2D eigenvalue weighted by molar-refractivity contribution is 7.91. The van der Waals surface area contributed by atoms with Crippen molar-refractivity contribution in [3.8, 4) is 0 Å². The minimum atomic E-state index is -3.19. The zero-order chi connectivity index (χ0) is 22.9. The van der Waals surface area contributed by atoms with Crippen LogP contribution in [0.1, 0.15) is 41.4 Å². The second-order valence-corrected chi connectivity index (χ2v) is 10.7. The minimum Gasteiger partial charge on any atom is -0.371 e. The van der Waals surface area contributed by atoms with Crippen molar-refractivity contribution in [3.63, 3.8) is 0 Å². The van der Waals surface area contributed by atoms with Crippen molar-refractivity contribution >= 4 is 32.3 Å². The number of benzene rings is 2. The Morgan fingerprint density at radius 3 is 2.41 bits per heavy atom. The molecule has 0 radical (unpaired) electrons. The average molecular weight is 452 g/mol. The highest BCUT2D eigenvalue weighted by Crippen LogP contribution is 2.24. The van der Waals surface area contributed by atoms with E-state index in [1.165, 1.54) is 0 Å². The average Bonchev–Trinajstić information content (AvgIpc) is 2.79. The smallest absolute Gasteiger partial charge is 0.252 e. The molecule has 0 bridgehead atoms. The van der Waals surface area contributed by atoms with Crippen LogP contribution in [0.5, 0.6) is 0 Å². The van der Waals surface area contributed by atoms with Gasteiger partial charge in [-0.05, 0) is 69.2 Å². The molecule has 6 nitrogen and oxygen atoms in total. The molecule has 1 aromatic heterocycles. The first-order valence-electron chi connectivity index (χ1n) is 11.0. The van der Waals surface area contributed by atoms with E-state index in [1.807, 2.05) is 50.2 Å². The Morgan fingerprint density at radius 2 is 1.75 bits per heavy atom. The van der Waals surface area contributed by atoms with Crippen molar-refractivity contribution in [1.29, 1.82) is 0 Å². The van der Waals surface area contributed by atoms with Crippen molar-refractivity contribution in [2.24, 2.45) is 0 Å². The summed E-state index contributed by atoms with van der Waals surface area (Å²) in [6.07, 6.45) is 1.67. The van der Waals surface area contributed by atoms with Gasteiger partial charge in [-0.3, -0.25) is 9.78 Å². The van der Waals surface area contributed by atoms with Crippen LogP contribution in [-0.2, 0) is 9.84 Å². The highest BCUT2D eigenvalue weighted by atomic mass is 32.2. The molecule has 7 heteroatoms. The van der Waals surface area contributed by atoms with E-state index < -0.39 is 9.84 Å². The predicted molar refractivity (Wildman–Crippen MR) is 128 cm³/mol. The van der Waals surface area contributed by atoms with E-state index in [0.29, 0.717) is 10.5 Å². The Morgan fingerprint density at radius 1 is 1.06 bits per heavy atom. The third-order valence-corrected chi connectivity index (χ3v) is 7.86. The van der Waals surface area contributed by atoms with Crippen LogP contribution in [0.4, 0.5) is 5.69 Å². The van der Waals surface area contributed by atoms with Crippen molar-refractivity contribution in [2.45, 2.75) is 44.6 Å². The zero-order valence-electron chi connectivity index (χ0n) is 18.8. The van der Waals surface area contributed by atoms with Gasteiger partial charge in [-0.1, -0.05) is 18.6 Å². The molecule has 1 saturated heterocycles. The van der Waals surface area contributed by atoms with E-state index in [4.69, 9.17) is 0 Å². The molecule has 2 aromatic carbocycles. The largest absolute Gasteiger partial charge is 0.371 e. The maximum absolute atomic E-state index is 13.1. The van der Waals surface area contributed by atoms with Crippen molar-refractivity contribution < 1.29 is 13.2 Å². The molecule has 1 N–H and O–H groups in total. The van der Waals surface area contributed by atoms with Gasteiger partial charge in [0.25, 0.3) is 5.91 Å². The second kappa shape index (κ2) is 8.90. The summed E-state index contributed by atoms with van der Waals surface area (Å²) in [5.41, 5.74) is 4.45. The lowest BCUT2D eigenvalue weighted by Gasteiger charge is -2.34. The fourth-order valence-corrected chi connectivity index (χ4v) is 5.12. The van der Waals surface area contributed by atoms with Crippen LogP contribution < -0.4 is 10.2 Å². The van der Waals surface area contributed by atoms with Crippen LogP contribution in [0.2, 0.25) is 0 Å². The molecule has 1 aliphatic heterocycles. The van der Waals surface area contributed by atoms with E-state index in [1.54, 1.807) is 19.1 Å². The molecule has 1 amide bonds.